The molecule has 1 aromatic rings. The van der Waals surface area contributed by atoms with Crippen LogP contribution in [0.5, 0.6) is 0 Å². The van der Waals surface area contributed by atoms with Gasteiger partial charge >= 0.3 is 5.97 Å². The third-order valence-electron chi connectivity index (χ3n) is 2.76. The fourth-order valence-electron chi connectivity index (χ4n) is 1.90. The third kappa shape index (κ3) is 4.02. The van der Waals surface area contributed by atoms with Gasteiger partial charge < -0.3 is 10.4 Å². The summed E-state index contributed by atoms with van der Waals surface area (Å²) in [5, 5.41) is 15.7. The fourth-order valence-corrected chi connectivity index (χ4v) is 3.38. The number of aliphatic carboxylic acids is 1. The Balaban J connectivity index is 2.94. The van der Waals surface area contributed by atoms with E-state index in [-0.39, 0.29) is 11.4 Å². The molecule has 9 heteroatoms. The first-order chi connectivity index (χ1) is 9.29. The van der Waals surface area contributed by atoms with Crippen LogP contribution in [0.15, 0.2) is 4.90 Å². The highest BCUT2D eigenvalue weighted by Crippen LogP contribution is 2.19. The molecular weight excluding hydrogens is 284 g/mol. The van der Waals surface area contributed by atoms with Gasteiger partial charge in [0.25, 0.3) is 0 Å². The molecule has 0 atom stereocenters. The number of nitrogens with one attached hydrogen (secondary N) is 2. The smallest absolute Gasteiger partial charge is 0.325 e. The number of nitrogens with zero attached hydrogens (tertiary/aromatic N) is 2. The Hall–Kier alpha value is -1.45. The molecule has 0 saturated heterocycles. The Morgan fingerprint density at radius 1 is 1.35 bits per heavy atom. The largest absolute Gasteiger partial charge is 0.480 e. The Kier molecular flexibility index (Phi) is 5.66. The Morgan fingerprint density at radius 2 is 2.00 bits per heavy atom. The lowest BCUT2D eigenvalue weighted by Crippen LogP contribution is -2.27. The van der Waals surface area contributed by atoms with Crippen LogP contribution in [0.25, 0.3) is 0 Å². The van der Waals surface area contributed by atoms with Crippen LogP contribution in [-0.4, -0.2) is 49.4 Å². The molecule has 3 N–H and O–H groups in total. The second kappa shape index (κ2) is 6.82. The van der Waals surface area contributed by atoms with Crippen LogP contribution in [0.4, 0.5) is 0 Å². The molecule has 0 saturated carbocycles. The summed E-state index contributed by atoms with van der Waals surface area (Å²) in [7, 11) is -1.88. The van der Waals surface area contributed by atoms with Crippen molar-refractivity contribution in [3.63, 3.8) is 0 Å². The summed E-state index contributed by atoms with van der Waals surface area (Å²) < 4.78 is 28.1. The summed E-state index contributed by atoms with van der Waals surface area (Å²) in [6.07, 6.45) is 0.664. The predicted molar refractivity (Wildman–Crippen MR) is 73.1 cm³/mol. The highest BCUT2D eigenvalue weighted by molar-refractivity contribution is 7.89. The highest BCUT2D eigenvalue weighted by atomic mass is 32.2. The van der Waals surface area contributed by atoms with E-state index in [0.717, 1.165) is 0 Å². The van der Waals surface area contributed by atoms with Crippen LogP contribution in [0.1, 0.15) is 17.8 Å². The lowest BCUT2D eigenvalue weighted by atomic mass is 10.4. The number of hydrogen-bond acceptors (Lipinski definition) is 5. The van der Waals surface area contributed by atoms with E-state index in [1.165, 1.54) is 4.68 Å². The van der Waals surface area contributed by atoms with Gasteiger partial charge in [0, 0.05) is 6.54 Å². The number of rotatable bonds is 8. The second-order valence-corrected chi connectivity index (χ2v) is 6.11. The van der Waals surface area contributed by atoms with E-state index in [1.54, 1.807) is 20.9 Å². The van der Waals surface area contributed by atoms with Gasteiger partial charge in [-0.25, -0.2) is 13.1 Å². The second-order valence-electron chi connectivity index (χ2n) is 4.41. The highest BCUT2D eigenvalue weighted by Gasteiger charge is 2.24. The molecule has 0 spiro atoms. The monoisotopic (exact) mass is 304 g/mol. The van der Waals surface area contributed by atoms with Gasteiger partial charge in [-0.2, -0.15) is 5.10 Å². The van der Waals surface area contributed by atoms with Crippen LogP contribution in [-0.2, 0) is 21.4 Å². The van der Waals surface area contributed by atoms with Crippen LogP contribution >= 0.6 is 0 Å². The lowest BCUT2D eigenvalue weighted by molar-refractivity contribution is -0.137. The quantitative estimate of drug-likeness (QED) is 0.557. The first-order valence-electron chi connectivity index (χ1n) is 6.19. The molecule has 114 valence electrons. The Bertz CT molecular complexity index is 579. The van der Waals surface area contributed by atoms with Gasteiger partial charge in [-0.1, -0.05) is 0 Å². The number of carboxylic acids is 1. The van der Waals surface area contributed by atoms with Crippen molar-refractivity contribution < 1.29 is 18.3 Å². The Labute approximate surface area is 118 Å². The third-order valence-corrected chi connectivity index (χ3v) is 4.48. The van der Waals surface area contributed by atoms with Crippen molar-refractivity contribution in [2.24, 2.45) is 0 Å². The summed E-state index contributed by atoms with van der Waals surface area (Å²) in [5.74, 6) is -1.07. The van der Waals surface area contributed by atoms with E-state index < -0.39 is 16.0 Å². The molecule has 0 aromatic carbocycles. The molecule has 0 unspecified atom stereocenters. The predicted octanol–water partition coefficient (Wildman–Crippen LogP) is -0.528. The average molecular weight is 304 g/mol. The number of sulfonamides is 1. The molecule has 0 fully saturated rings. The molecule has 0 aliphatic heterocycles. The van der Waals surface area contributed by atoms with Gasteiger partial charge in [0.05, 0.1) is 11.4 Å². The summed E-state index contributed by atoms with van der Waals surface area (Å²) in [5.41, 5.74) is 0.621. The van der Waals surface area contributed by atoms with Crippen molar-refractivity contribution in [3.05, 3.63) is 11.4 Å². The number of carbonyl (C=O) groups is 1. The molecule has 0 radical (unpaired) electrons. The zero-order chi connectivity index (χ0) is 15.3. The minimum absolute atomic E-state index is 0.0585. The summed E-state index contributed by atoms with van der Waals surface area (Å²) in [6.45, 7) is 3.76. The summed E-state index contributed by atoms with van der Waals surface area (Å²) in [4.78, 5) is 10.8. The molecule has 0 aliphatic carbocycles. The minimum Gasteiger partial charge on any atom is -0.480 e. The standard InChI is InChI=1S/C11H20N4O4S/c1-8-11(9(2)15(14-8)7-10(16)17)20(18,19)13-6-4-5-12-3/h12-13H,4-7H2,1-3H3,(H,16,17). The normalized spacial score (nSPS) is 11.8. The van der Waals surface area contributed by atoms with E-state index in [1.807, 2.05) is 0 Å². The minimum atomic E-state index is -3.67. The summed E-state index contributed by atoms with van der Waals surface area (Å²) >= 11 is 0. The van der Waals surface area contributed by atoms with Crippen LogP contribution in [0.3, 0.4) is 0 Å². The van der Waals surface area contributed by atoms with Gasteiger partial charge in [0.2, 0.25) is 10.0 Å². The first-order valence-corrected chi connectivity index (χ1v) is 7.68. The maximum absolute atomic E-state index is 12.2. The zero-order valence-corrected chi connectivity index (χ0v) is 12.6. The van der Waals surface area contributed by atoms with E-state index in [4.69, 9.17) is 5.11 Å². The van der Waals surface area contributed by atoms with Crippen LogP contribution in [0, 0.1) is 13.8 Å². The molecular formula is C11H20N4O4S. The van der Waals surface area contributed by atoms with Gasteiger partial charge in [-0.3, -0.25) is 9.48 Å². The van der Waals surface area contributed by atoms with Crippen molar-refractivity contribution in [1.29, 1.82) is 0 Å². The number of hydrogen-bond donors (Lipinski definition) is 3. The molecule has 0 bridgehead atoms. The van der Waals surface area contributed by atoms with Crippen LogP contribution in [0.2, 0.25) is 0 Å². The number of aromatic nitrogens is 2. The lowest BCUT2D eigenvalue weighted by Gasteiger charge is -2.07. The van der Waals surface area contributed by atoms with E-state index in [0.29, 0.717) is 30.9 Å². The summed E-state index contributed by atoms with van der Waals surface area (Å²) in [6, 6.07) is 0. The topological polar surface area (TPSA) is 113 Å². The van der Waals surface area contributed by atoms with E-state index >= 15 is 0 Å². The van der Waals surface area contributed by atoms with Crippen molar-refractivity contribution in [1.82, 2.24) is 19.8 Å². The van der Waals surface area contributed by atoms with Gasteiger partial charge in [-0.05, 0) is 33.9 Å². The van der Waals surface area contributed by atoms with Crippen molar-refractivity contribution >= 4 is 16.0 Å². The van der Waals surface area contributed by atoms with Gasteiger partial charge in [-0.15, -0.1) is 0 Å². The fraction of sp³-hybridized carbons (Fsp3) is 0.636. The van der Waals surface area contributed by atoms with Gasteiger partial charge in [0.15, 0.2) is 0 Å². The van der Waals surface area contributed by atoms with Crippen LogP contribution < -0.4 is 10.0 Å². The molecule has 20 heavy (non-hydrogen) atoms. The molecule has 8 nitrogen and oxygen atoms in total. The molecule has 1 heterocycles. The van der Waals surface area contributed by atoms with Crippen molar-refractivity contribution in [3.8, 4) is 0 Å². The molecule has 0 aliphatic rings. The van der Waals surface area contributed by atoms with E-state index in [2.05, 4.69) is 15.1 Å². The number of carboxylic acid groups (broad SMARTS) is 1. The molecule has 1 rings (SSSR count). The molecule has 0 amide bonds. The maximum Gasteiger partial charge on any atom is 0.325 e. The van der Waals surface area contributed by atoms with Gasteiger partial charge in [0.1, 0.15) is 11.4 Å². The molecule has 1 aromatic heterocycles. The SMILES string of the molecule is CNCCCNS(=O)(=O)c1c(C)nn(CC(=O)O)c1C. The van der Waals surface area contributed by atoms with Crippen molar-refractivity contribution in [2.45, 2.75) is 31.7 Å². The maximum atomic E-state index is 12.2. The van der Waals surface area contributed by atoms with E-state index in [9.17, 15) is 13.2 Å². The number of aryl methyl sites for hydroxylation is 1. The zero-order valence-electron chi connectivity index (χ0n) is 11.8. The first kappa shape index (κ1) is 16.6. The van der Waals surface area contributed by atoms with Crippen molar-refractivity contribution in [2.75, 3.05) is 20.1 Å². The Morgan fingerprint density at radius 3 is 2.55 bits per heavy atom. The average Bonchev–Trinajstić information content (AvgIpc) is 2.60.